The van der Waals surface area contributed by atoms with E-state index < -0.39 is 44.5 Å². The van der Waals surface area contributed by atoms with Gasteiger partial charge in [-0.15, -0.1) is 0 Å². The molecule has 0 fully saturated rings. The Bertz CT molecular complexity index is 393. The average molecular weight is 271 g/mol. The highest BCUT2D eigenvalue weighted by Crippen LogP contribution is 2.19. The highest BCUT2D eigenvalue weighted by atomic mass is 32.3. The van der Waals surface area contributed by atoms with Gasteiger partial charge in [0.15, 0.2) is 5.08 Å². The summed E-state index contributed by atoms with van der Waals surface area (Å²) < 4.78 is 89.2. The molecule has 0 aliphatic carbocycles. The molecule has 0 spiro atoms. The fourth-order valence-electron chi connectivity index (χ4n) is 0.495. The van der Waals surface area contributed by atoms with Crippen molar-refractivity contribution in [1.82, 2.24) is 0 Å². The quantitative estimate of drug-likeness (QED) is 0.506. The van der Waals surface area contributed by atoms with Gasteiger partial charge in [-0.2, -0.15) is 21.6 Å². The maximum Gasteiger partial charge on any atom is 0.391 e. The van der Waals surface area contributed by atoms with Crippen molar-refractivity contribution in [3.05, 3.63) is 0 Å². The van der Waals surface area contributed by atoms with Gasteiger partial charge in [0.25, 0.3) is 10.1 Å². The van der Waals surface area contributed by atoms with Crippen molar-refractivity contribution in [2.45, 2.75) is 12.6 Å². The summed E-state index contributed by atoms with van der Waals surface area (Å²) in [7, 11) is -9.85. The largest absolute Gasteiger partial charge is 0.747 e. The van der Waals surface area contributed by atoms with E-state index in [0.29, 0.717) is 0 Å². The number of alkyl halides is 3. The Morgan fingerprint density at radius 3 is 1.93 bits per heavy atom. The van der Waals surface area contributed by atoms with E-state index in [-0.39, 0.29) is 0 Å². The molecule has 0 aromatic rings. The number of rotatable bonds is 5. The summed E-state index contributed by atoms with van der Waals surface area (Å²) in [6.45, 7) is -1.25. The van der Waals surface area contributed by atoms with Crippen LogP contribution < -0.4 is 0 Å². The summed E-state index contributed by atoms with van der Waals surface area (Å²) >= 11 is 0. The third-order valence-corrected chi connectivity index (χ3v) is 3.77. The highest BCUT2D eigenvalue weighted by molar-refractivity contribution is 8.03. The van der Waals surface area contributed by atoms with Crippen LogP contribution in [-0.2, 0) is 24.4 Å². The standard InChI is InChI=1S/C4H7F3O6S2/c5-4(6,7)1-2-13-15(11,12)3-14(8,9)10/h1-3H2,(H,8,9,10)/p-1. The van der Waals surface area contributed by atoms with E-state index in [1.165, 1.54) is 0 Å². The maximum atomic E-state index is 11.5. The van der Waals surface area contributed by atoms with E-state index >= 15 is 0 Å². The Kier molecular flexibility index (Phi) is 4.51. The summed E-state index contributed by atoms with van der Waals surface area (Å²) in [6, 6.07) is 0. The van der Waals surface area contributed by atoms with Gasteiger partial charge in [0.05, 0.1) is 13.0 Å². The fourth-order valence-corrected chi connectivity index (χ4v) is 2.52. The van der Waals surface area contributed by atoms with E-state index in [2.05, 4.69) is 4.18 Å². The first-order valence-corrected chi connectivity index (χ1v) is 6.44. The lowest BCUT2D eigenvalue weighted by atomic mass is 10.5. The van der Waals surface area contributed by atoms with Gasteiger partial charge in [0, 0.05) is 0 Å². The third kappa shape index (κ3) is 9.90. The second kappa shape index (κ2) is 4.63. The third-order valence-electron chi connectivity index (χ3n) is 0.937. The van der Waals surface area contributed by atoms with Gasteiger partial charge in [-0.05, 0) is 0 Å². The Balaban J connectivity index is 4.20. The molecule has 0 bridgehead atoms. The molecule has 0 aliphatic heterocycles. The van der Waals surface area contributed by atoms with Crippen molar-refractivity contribution >= 4 is 20.2 Å². The van der Waals surface area contributed by atoms with Gasteiger partial charge in [0.1, 0.15) is 10.1 Å². The van der Waals surface area contributed by atoms with Crippen LogP contribution in [-0.4, -0.2) is 39.3 Å². The zero-order chi connectivity index (χ0) is 12.3. The molecule has 0 heterocycles. The molecule has 0 saturated carbocycles. The molecule has 11 heteroatoms. The molecule has 0 rings (SSSR count). The summed E-state index contributed by atoms with van der Waals surface area (Å²) in [5.74, 6) is 0. The predicted molar refractivity (Wildman–Crippen MR) is 40.1 cm³/mol. The normalized spacial score (nSPS) is 14.1. The molecule has 0 atom stereocenters. The van der Waals surface area contributed by atoms with E-state index in [1.54, 1.807) is 0 Å². The van der Waals surface area contributed by atoms with E-state index in [9.17, 15) is 34.6 Å². The molecule has 0 aliphatic rings. The molecule has 6 nitrogen and oxygen atoms in total. The van der Waals surface area contributed by atoms with Crippen LogP contribution in [0, 0.1) is 0 Å². The summed E-state index contributed by atoms with van der Waals surface area (Å²) in [5.41, 5.74) is 0. The average Bonchev–Trinajstić information content (AvgIpc) is 1.75. The molecular weight excluding hydrogens is 265 g/mol. The van der Waals surface area contributed by atoms with Crippen LogP contribution in [0.1, 0.15) is 6.42 Å². The van der Waals surface area contributed by atoms with Crippen LogP contribution in [0.3, 0.4) is 0 Å². The van der Waals surface area contributed by atoms with Crippen molar-refractivity contribution < 1.29 is 38.7 Å². The minimum absolute atomic E-state index is 1.25. The predicted octanol–water partition coefficient (Wildman–Crippen LogP) is -0.212. The number of hydrogen-bond acceptors (Lipinski definition) is 6. The van der Waals surface area contributed by atoms with Gasteiger partial charge < -0.3 is 4.55 Å². The smallest absolute Gasteiger partial charge is 0.391 e. The summed E-state index contributed by atoms with van der Waals surface area (Å²) in [5, 5.41) is -1.88. The van der Waals surface area contributed by atoms with Gasteiger partial charge in [-0.25, -0.2) is 8.42 Å². The lowest BCUT2D eigenvalue weighted by Crippen LogP contribution is -2.21. The minimum Gasteiger partial charge on any atom is -0.747 e. The second-order valence-corrected chi connectivity index (χ2v) is 5.83. The van der Waals surface area contributed by atoms with Crippen LogP contribution in [0.2, 0.25) is 0 Å². The topological polar surface area (TPSA) is 101 Å². The zero-order valence-electron chi connectivity index (χ0n) is 7.02. The van der Waals surface area contributed by atoms with Crippen molar-refractivity contribution in [3.63, 3.8) is 0 Å². The molecule has 0 saturated heterocycles. The van der Waals surface area contributed by atoms with E-state index in [1.807, 2.05) is 0 Å². The first kappa shape index (κ1) is 14.6. The fraction of sp³-hybridized carbons (Fsp3) is 1.00. The minimum atomic E-state index is -5.09. The summed E-state index contributed by atoms with van der Waals surface area (Å²) in [6.07, 6.45) is -6.17. The van der Waals surface area contributed by atoms with Crippen LogP contribution in [0.15, 0.2) is 0 Å². The molecule has 0 radical (unpaired) electrons. The van der Waals surface area contributed by atoms with Gasteiger partial charge in [-0.1, -0.05) is 0 Å². The molecule has 92 valence electrons. The van der Waals surface area contributed by atoms with E-state index in [0.717, 1.165) is 0 Å². The number of hydrogen-bond donors (Lipinski definition) is 0. The van der Waals surface area contributed by atoms with Crippen molar-refractivity contribution in [2.24, 2.45) is 0 Å². The molecule has 0 aromatic heterocycles. The second-order valence-electron chi connectivity index (χ2n) is 2.42. The van der Waals surface area contributed by atoms with Gasteiger partial charge in [0.2, 0.25) is 0 Å². The number of halogens is 3. The Hall–Kier alpha value is -0.390. The molecule has 0 N–H and O–H groups in total. The van der Waals surface area contributed by atoms with Crippen LogP contribution >= 0.6 is 0 Å². The Labute approximate surface area is 83.9 Å². The Morgan fingerprint density at radius 2 is 1.60 bits per heavy atom. The van der Waals surface area contributed by atoms with Crippen molar-refractivity contribution in [2.75, 3.05) is 11.7 Å². The van der Waals surface area contributed by atoms with Crippen LogP contribution in [0.4, 0.5) is 13.2 Å². The first-order chi connectivity index (χ1) is 6.41. The van der Waals surface area contributed by atoms with Crippen molar-refractivity contribution in [1.29, 1.82) is 0 Å². The molecule has 15 heavy (non-hydrogen) atoms. The van der Waals surface area contributed by atoms with Crippen LogP contribution in [0.25, 0.3) is 0 Å². The highest BCUT2D eigenvalue weighted by Gasteiger charge is 2.28. The SMILES string of the molecule is O=S(=O)([O-])CS(=O)(=O)OCCC(F)(F)F. The van der Waals surface area contributed by atoms with Crippen LogP contribution in [0.5, 0.6) is 0 Å². The first-order valence-electron chi connectivity index (χ1n) is 3.29. The van der Waals surface area contributed by atoms with Crippen molar-refractivity contribution in [3.8, 4) is 0 Å². The zero-order valence-corrected chi connectivity index (χ0v) is 8.65. The lowest BCUT2D eigenvalue weighted by molar-refractivity contribution is -0.139. The summed E-state index contributed by atoms with van der Waals surface area (Å²) in [4.78, 5) is 0. The maximum absolute atomic E-state index is 11.5. The van der Waals surface area contributed by atoms with Gasteiger partial charge >= 0.3 is 6.18 Å². The Morgan fingerprint density at radius 1 is 1.13 bits per heavy atom. The van der Waals surface area contributed by atoms with E-state index in [4.69, 9.17) is 0 Å². The monoisotopic (exact) mass is 271 g/mol. The molecule has 0 unspecified atom stereocenters. The van der Waals surface area contributed by atoms with Gasteiger partial charge in [-0.3, -0.25) is 4.18 Å². The molecule has 0 amide bonds. The lowest BCUT2D eigenvalue weighted by Gasteiger charge is -2.09. The molecular formula is C4H6F3O6S2-. The molecule has 0 aromatic carbocycles.